The zero-order valence-electron chi connectivity index (χ0n) is 11.5. The second-order valence-electron chi connectivity index (χ2n) is 6.04. The van der Waals surface area contributed by atoms with E-state index in [0.29, 0.717) is 5.69 Å². The van der Waals surface area contributed by atoms with E-state index in [-0.39, 0.29) is 46.1 Å². The van der Waals surface area contributed by atoms with Gasteiger partial charge in [0.25, 0.3) is 0 Å². The number of halogens is 1. The van der Waals surface area contributed by atoms with Crippen molar-refractivity contribution in [1.82, 2.24) is 0 Å². The van der Waals surface area contributed by atoms with Crippen LogP contribution < -0.4 is 10.6 Å². The van der Waals surface area contributed by atoms with E-state index in [9.17, 15) is 14.4 Å². The van der Waals surface area contributed by atoms with Gasteiger partial charge in [0.1, 0.15) is 0 Å². The number of nitrogens with two attached hydrogens (primary N) is 1. The third kappa shape index (κ3) is 1.63. The van der Waals surface area contributed by atoms with Gasteiger partial charge < -0.3 is 5.73 Å². The van der Waals surface area contributed by atoms with Crippen molar-refractivity contribution in [3.63, 3.8) is 0 Å². The summed E-state index contributed by atoms with van der Waals surface area (Å²) in [6.45, 7) is 0. The number of benzene rings is 1. The molecule has 22 heavy (non-hydrogen) atoms. The Balaban J connectivity index is 1.73. The molecule has 5 nitrogen and oxygen atoms in total. The van der Waals surface area contributed by atoms with Gasteiger partial charge in [0.2, 0.25) is 17.7 Å². The SMILES string of the molecule is NC(=O)c1ccc(N2C(=O)[C@@H]3[C@H](C2=O)[C@H]2C=C[C@H]3C2)cc1Cl. The zero-order chi connectivity index (χ0) is 15.6. The molecule has 2 fully saturated rings. The van der Waals surface area contributed by atoms with E-state index < -0.39 is 5.91 Å². The van der Waals surface area contributed by atoms with E-state index in [1.165, 1.54) is 23.1 Å². The molecule has 3 amide bonds. The molecule has 2 aliphatic carbocycles. The summed E-state index contributed by atoms with van der Waals surface area (Å²) in [5, 5.41) is 0.142. The monoisotopic (exact) mass is 316 g/mol. The number of carbonyl (C=O) groups excluding carboxylic acids is 3. The fourth-order valence-corrected chi connectivity index (χ4v) is 4.27. The maximum Gasteiger partial charge on any atom is 0.250 e. The fourth-order valence-electron chi connectivity index (χ4n) is 4.00. The van der Waals surface area contributed by atoms with Crippen molar-refractivity contribution in [2.75, 3.05) is 4.90 Å². The highest BCUT2D eigenvalue weighted by atomic mass is 35.5. The molecule has 1 saturated carbocycles. The van der Waals surface area contributed by atoms with Gasteiger partial charge in [-0.15, -0.1) is 0 Å². The minimum atomic E-state index is -0.644. The molecular weight excluding hydrogens is 304 g/mol. The Bertz CT molecular complexity index is 728. The largest absolute Gasteiger partial charge is 0.366 e. The molecule has 1 heterocycles. The normalized spacial score (nSPS) is 32.0. The summed E-state index contributed by atoms with van der Waals surface area (Å²) < 4.78 is 0. The molecule has 4 atom stereocenters. The van der Waals surface area contributed by atoms with Gasteiger partial charge in [0.05, 0.1) is 28.1 Å². The van der Waals surface area contributed by atoms with Gasteiger partial charge in [0, 0.05) is 0 Å². The lowest BCUT2D eigenvalue weighted by atomic mass is 9.85. The number of rotatable bonds is 2. The van der Waals surface area contributed by atoms with Crippen LogP contribution in [0.5, 0.6) is 0 Å². The highest BCUT2D eigenvalue weighted by molar-refractivity contribution is 6.34. The summed E-state index contributed by atoms with van der Waals surface area (Å²) in [6, 6.07) is 4.44. The summed E-state index contributed by atoms with van der Waals surface area (Å²) in [6.07, 6.45) is 4.98. The standard InChI is InChI=1S/C16H13ClN2O3/c17-11-6-9(3-4-10(11)14(18)20)19-15(21)12-7-1-2-8(5-7)13(12)16(19)22/h1-4,6-8,12-13H,5H2,(H2,18,20)/t7-,8-,12-,13+/m0/s1. The minimum absolute atomic E-state index is 0.142. The van der Waals surface area contributed by atoms with Crippen LogP contribution in [0.2, 0.25) is 5.02 Å². The summed E-state index contributed by atoms with van der Waals surface area (Å²) in [5.74, 6) is -1.16. The molecule has 112 valence electrons. The van der Waals surface area contributed by atoms with Gasteiger partial charge in [0.15, 0.2) is 0 Å². The Labute approximate surface area is 131 Å². The zero-order valence-corrected chi connectivity index (χ0v) is 12.3. The number of carbonyl (C=O) groups is 3. The third-order valence-corrected chi connectivity index (χ3v) is 5.26. The second kappa shape index (κ2) is 4.43. The van der Waals surface area contributed by atoms with E-state index in [4.69, 9.17) is 17.3 Å². The molecule has 1 saturated heterocycles. The van der Waals surface area contributed by atoms with Crippen LogP contribution in [0.25, 0.3) is 0 Å². The van der Waals surface area contributed by atoms with Crippen LogP contribution in [0.4, 0.5) is 5.69 Å². The Morgan fingerprint density at radius 3 is 2.23 bits per heavy atom. The first-order valence-electron chi connectivity index (χ1n) is 7.14. The number of hydrogen-bond acceptors (Lipinski definition) is 3. The van der Waals surface area contributed by atoms with Gasteiger partial charge >= 0.3 is 0 Å². The molecule has 0 aromatic heterocycles. The van der Waals surface area contributed by atoms with Crippen LogP contribution in [0.1, 0.15) is 16.8 Å². The van der Waals surface area contributed by atoms with Crippen LogP contribution >= 0.6 is 11.6 Å². The van der Waals surface area contributed by atoms with Crippen LogP contribution in [0.15, 0.2) is 30.4 Å². The fraction of sp³-hybridized carbons (Fsp3) is 0.312. The highest BCUT2D eigenvalue weighted by Crippen LogP contribution is 2.53. The van der Waals surface area contributed by atoms with Gasteiger partial charge in [-0.05, 0) is 36.5 Å². The highest BCUT2D eigenvalue weighted by Gasteiger charge is 2.59. The van der Waals surface area contributed by atoms with Crippen LogP contribution in [-0.4, -0.2) is 17.7 Å². The Kier molecular flexibility index (Phi) is 2.72. The summed E-state index contributed by atoms with van der Waals surface area (Å²) in [4.78, 5) is 37.7. The van der Waals surface area contributed by atoms with Crippen molar-refractivity contribution in [2.24, 2.45) is 29.4 Å². The molecule has 6 heteroatoms. The minimum Gasteiger partial charge on any atom is -0.366 e. The van der Waals surface area contributed by atoms with Crippen molar-refractivity contribution < 1.29 is 14.4 Å². The molecule has 2 bridgehead atoms. The molecule has 0 spiro atoms. The van der Waals surface area contributed by atoms with E-state index in [0.717, 1.165) is 6.42 Å². The molecular formula is C16H13ClN2O3. The Morgan fingerprint density at radius 1 is 1.14 bits per heavy atom. The third-order valence-electron chi connectivity index (χ3n) is 4.95. The van der Waals surface area contributed by atoms with Crippen LogP contribution in [-0.2, 0) is 9.59 Å². The molecule has 3 aliphatic rings. The Morgan fingerprint density at radius 2 is 1.73 bits per heavy atom. The molecule has 2 N–H and O–H groups in total. The number of amides is 3. The number of primary amides is 1. The number of hydrogen-bond donors (Lipinski definition) is 1. The van der Waals surface area contributed by atoms with Crippen molar-refractivity contribution >= 4 is 35.0 Å². The topological polar surface area (TPSA) is 80.5 Å². The number of imide groups is 1. The Hall–Kier alpha value is -2.14. The second-order valence-corrected chi connectivity index (χ2v) is 6.45. The number of fused-ring (bicyclic) bond motifs is 5. The molecule has 1 aromatic carbocycles. The van der Waals surface area contributed by atoms with Crippen molar-refractivity contribution in [3.05, 3.63) is 40.9 Å². The predicted molar refractivity (Wildman–Crippen MR) is 80.2 cm³/mol. The van der Waals surface area contributed by atoms with Crippen LogP contribution in [0.3, 0.4) is 0 Å². The van der Waals surface area contributed by atoms with Gasteiger partial charge in [-0.25, -0.2) is 4.90 Å². The molecule has 0 radical (unpaired) electrons. The molecule has 0 unspecified atom stereocenters. The first-order valence-corrected chi connectivity index (χ1v) is 7.52. The van der Waals surface area contributed by atoms with E-state index in [1.54, 1.807) is 0 Å². The number of allylic oxidation sites excluding steroid dienone is 2. The van der Waals surface area contributed by atoms with Crippen molar-refractivity contribution in [2.45, 2.75) is 6.42 Å². The van der Waals surface area contributed by atoms with Gasteiger partial charge in [-0.2, -0.15) is 0 Å². The summed E-state index contributed by atoms with van der Waals surface area (Å²) >= 11 is 6.03. The molecule has 4 rings (SSSR count). The average molecular weight is 317 g/mol. The smallest absolute Gasteiger partial charge is 0.250 e. The first-order chi connectivity index (χ1) is 10.5. The van der Waals surface area contributed by atoms with Gasteiger partial charge in [-0.3, -0.25) is 14.4 Å². The predicted octanol–water partition coefficient (Wildman–Crippen LogP) is 1.75. The number of nitrogens with zero attached hydrogens (tertiary/aromatic N) is 1. The average Bonchev–Trinajstić information content (AvgIpc) is 3.12. The quantitative estimate of drug-likeness (QED) is 0.666. The lowest BCUT2D eigenvalue weighted by molar-refractivity contribution is -0.123. The number of anilines is 1. The van der Waals surface area contributed by atoms with Gasteiger partial charge in [-0.1, -0.05) is 23.8 Å². The van der Waals surface area contributed by atoms with Crippen LogP contribution in [0, 0.1) is 23.7 Å². The summed E-state index contributed by atoms with van der Waals surface area (Å²) in [7, 11) is 0. The van der Waals surface area contributed by atoms with E-state index in [1.807, 2.05) is 12.2 Å². The molecule has 1 aromatic rings. The van der Waals surface area contributed by atoms with Crippen molar-refractivity contribution in [3.8, 4) is 0 Å². The van der Waals surface area contributed by atoms with E-state index in [2.05, 4.69) is 0 Å². The lowest BCUT2D eigenvalue weighted by Crippen LogP contribution is -2.32. The lowest BCUT2D eigenvalue weighted by Gasteiger charge is -2.18. The maximum atomic E-state index is 12.7. The van der Waals surface area contributed by atoms with Crippen molar-refractivity contribution in [1.29, 1.82) is 0 Å². The first kappa shape index (κ1) is 13.5. The summed E-state index contributed by atoms with van der Waals surface area (Å²) in [5.41, 5.74) is 5.79. The van der Waals surface area contributed by atoms with E-state index >= 15 is 0 Å². The maximum absolute atomic E-state index is 12.7. The molecule has 1 aliphatic heterocycles.